The van der Waals surface area contributed by atoms with Gasteiger partial charge in [-0.2, -0.15) is 13.2 Å². The first-order chi connectivity index (χ1) is 13.4. The molecule has 3 aromatic rings. The fourth-order valence-electron chi connectivity index (χ4n) is 3.92. The van der Waals surface area contributed by atoms with Crippen molar-refractivity contribution in [3.63, 3.8) is 0 Å². The lowest BCUT2D eigenvalue weighted by atomic mass is 9.85. The number of ether oxygens (including phenoxy) is 1. The summed E-state index contributed by atoms with van der Waals surface area (Å²) in [6.07, 6.45) is -0.877. The van der Waals surface area contributed by atoms with Gasteiger partial charge in [0.15, 0.2) is 11.2 Å². The van der Waals surface area contributed by atoms with Crippen molar-refractivity contribution < 1.29 is 22.7 Å². The number of alkyl halides is 3. The van der Waals surface area contributed by atoms with E-state index in [-0.39, 0.29) is 36.5 Å². The van der Waals surface area contributed by atoms with E-state index in [1.165, 1.54) is 19.5 Å². The van der Waals surface area contributed by atoms with Crippen molar-refractivity contribution in [1.29, 1.82) is 0 Å². The molecule has 1 atom stereocenters. The van der Waals surface area contributed by atoms with E-state index in [4.69, 9.17) is 4.74 Å². The Morgan fingerprint density at radius 1 is 1.29 bits per heavy atom. The Morgan fingerprint density at radius 3 is 2.82 bits per heavy atom. The van der Waals surface area contributed by atoms with Crippen LogP contribution in [0, 0.1) is 0 Å². The molecule has 0 spiro atoms. The first-order valence-corrected chi connectivity index (χ1v) is 8.70. The van der Waals surface area contributed by atoms with Crippen molar-refractivity contribution >= 4 is 16.8 Å². The summed E-state index contributed by atoms with van der Waals surface area (Å²) in [6, 6.07) is 6.75. The number of nitrogens with zero attached hydrogens (tertiary/aromatic N) is 3. The van der Waals surface area contributed by atoms with Gasteiger partial charge in [0, 0.05) is 29.2 Å². The van der Waals surface area contributed by atoms with E-state index in [0.29, 0.717) is 10.9 Å². The highest BCUT2D eigenvalue weighted by Crippen LogP contribution is 2.52. The highest BCUT2D eigenvalue weighted by molar-refractivity contribution is 5.94. The zero-order chi connectivity index (χ0) is 19.9. The fraction of sp³-hybridized carbons (Fsp3) is 0.316. The second-order valence-corrected chi connectivity index (χ2v) is 6.61. The van der Waals surface area contributed by atoms with Crippen molar-refractivity contribution in [3.8, 4) is 5.88 Å². The Labute approximate surface area is 158 Å². The largest absolute Gasteiger partial charge is 0.480 e. The van der Waals surface area contributed by atoms with Crippen LogP contribution in [0.4, 0.5) is 13.2 Å². The van der Waals surface area contributed by atoms with Crippen LogP contribution in [-0.4, -0.2) is 45.6 Å². The Kier molecular flexibility index (Phi) is 4.24. The maximum Gasteiger partial charge on any atom is 0.416 e. The number of nitrogens with one attached hydrogen (secondary N) is 1. The smallest absolute Gasteiger partial charge is 0.416 e. The van der Waals surface area contributed by atoms with Gasteiger partial charge < -0.3 is 14.6 Å². The number of likely N-dealkylation sites (tertiary alicyclic amines) is 1. The highest BCUT2D eigenvalue weighted by Gasteiger charge is 2.63. The Balaban J connectivity index is 1.87. The third-order valence-electron chi connectivity index (χ3n) is 5.17. The maximum atomic E-state index is 14.5. The molecule has 0 saturated carbocycles. The number of benzene rings is 1. The SMILES string of the molecule is COc1cncc(C(=O)N2CCCC2(c2c[nH]c3ccccc23)C(F)(F)F)n1. The lowest BCUT2D eigenvalue weighted by Crippen LogP contribution is -2.54. The molecule has 0 radical (unpaired) electrons. The van der Waals surface area contributed by atoms with Gasteiger partial charge in [-0.15, -0.1) is 0 Å². The highest BCUT2D eigenvalue weighted by atomic mass is 19.4. The minimum absolute atomic E-state index is 0.0310. The summed E-state index contributed by atoms with van der Waals surface area (Å²) in [7, 11) is 1.35. The second kappa shape index (κ2) is 6.50. The molecular weight excluding hydrogens is 373 g/mol. The van der Waals surface area contributed by atoms with E-state index in [9.17, 15) is 18.0 Å². The number of aromatic amines is 1. The normalized spacial score (nSPS) is 19.9. The van der Waals surface area contributed by atoms with E-state index < -0.39 is 17.6 Å². The van der Waals surface area contributed by atoms with Crippen molar-refractivity contribution in [2.24, 2.45) is 0 Å². The van der Waals surface area contributed by atoms with Gasteiger partial charge in [-0.25, -0.2) is 4.98 Å². The number of fused-ring (bicyclic) bond motifs is 1. The Bertz CT molecular complexity index is 1030. The molecule has 1 aliphatic rings. The van der Waals surface area contributed by atoms with Crippen LogP contribution in [0.15, 0.2) is 42.9 Å². The maximum absolute atomic E-state index is 14.5. The fourth-order valence-corrected chi connectivity index (χ4v) is 3.92. The molecule has 0 aliphatic carbocycles. The van der Waals surface area contributed by atoms with Crippen molar-refractivity contribution in [3.05, 3.63) is 54.1 Å². The molecular formula is C19H17F3N4O2. The summed E-state index contributed by atoms with van der Waals surface area (Å²) in [5, 5.41) is 0.441. The monoisotopic (exact) mass is 390 g/mol. The number of halogens is 3. The molecule has 1 unspecified atom stereocenters. The van der Waals surface area contributed by atoms with Gasteiger partial charge in [0.1, 0.15) is 0 Å². The number of methoxy groups -OCH3 is 1. The molecule has 1 fully saturated rings. The van der Waals surface area contributed by atoms with Crippen LogP contribution in [0.5, 0.6) is 5.88 Å². The average molecular weight is 390 g/mol. The number of para-hydroxylation sites is 1. The zero-order valence-corrected chi connectivity index (χ0v) is 15.0. The minimum Gasteiger partial charge on any atom is -0.480 e. The lowest BCUT2D eigenvalue weighted by molar-refractivity contribution is -0.220. The Morgan fingerprint density at radius 2 is 2.07 bits per heavy atom. The van der Waals surface area contributed by atoms with Crippen LogP contribution in [0.2, 0.25) is 0 Å². The molecule has 3 heterocycles. The summed E-state index contributed by atoms with van der Waals surface area (Å²) >= 11 is 0. The van der Waals surface area contributed by atoms with Crippen LogP contribution in [0.25, 0.3) is 10.9 Å². The molecule has 1 aliphatic heterocycles. The summed E-state index contributed by atoms with van der Waals surface area (Å²) in [4.78, 5) is 24.7. The molecule has 1 saturated heterocycles. The van der Waals surface area contributed by atoms with Crippen molar-refractivity contribution in [1.82, 2.24) is 19.9 Å². The summed E-state index contributed by atoms with van der Waals surface area (Å²) in [5.74, 6) is -0.763. The molecule has 1 N–H and O–H groups in total. The number of carbonyl (C=O) groups is 1. The molecule has 9 heteroatoms. The predicted octanol–water partition coefficient (Wildman–Crippen LogP) is 3.66. The van der Waals surface area contributed by atoms with E-state index in [0.717, 1.165) is 11.1 Å². The lowest BCUT2D eigenvalue weighted by Gasteiger charge is -2.39. The van der Waals surface area contributed by atoms with Crippen LogP contribution in [0.1, 0.15) is 28.9 Å². The summed E-state index contributed by atoms with van der Waals surface area (Å²) < 4.78 is 48.5. The van der Waals surface area contributed by atoms with Crippen LogP contribution < -0.4 is 4.74 Å². The number of hydrogen-bond donors (Lipinski definition) is 1. The Hall–Kier alpha value is -3.10. The first kappa shape index (κ1) is 18.3. The van der Waals surface area contributed by atoms with Crippen molar-refractivity contribution in [2.45, 2.75) is 24.6 Å². The summed E-state index contributed by atoms with van der Waals surface area (Å²) in [6.45, 7) is -0.0310. The first-order valence-electron chi connectivity index (χ1n) is 8.70. The standard InChI is InChI=1S/C19H17F3N4O2/c1-28-16-11-23-10-15(25-16)17(27)26-8-4-7-18(26,19(20,21)22)13-9-24-14-6-3-2-5-12(13)14/h2-3,5-6,9-11,24H,4,7-8H2,1H3. The molecule has 146 valence electrons. The van der Waals surface area contributed by atoms with E-state index in [2.05, 4.69) is 15.0 Å². The number of aromatic nitrogens is 3. The van der Waals surface area contributed by atoms with Gasteiger partial charge in [-0.3, -0.25) is 9.78 Å². The average Bonchev–Trinajstić information content (AvgIpc) is 3.32. The minimum atomic E-state index is -4.67. The number of hydrogen-bond acceptors (Lipinski definition) is 4. The molecule has 0 bridgehead atoms. The third kappa shape index (κ3) is 2.61. The van der Waals surface area contributed by atoms with Gasteiger partial charge >= 0.3 is 6.18 Å². The van der Waals surface area contributed by atoms with Gasteiger partial charge in [0.05, 0.1) is 19.5 Å². The predicted molar refractivity (Wildman–Crippen MR) is 94.9 cm³/mol. The van der Waals surface area contributed by atoms with E-state index in [1.54, 1.807) is 24.3 Å². The van der Waals surface area contributed by atoms with Gasteiger partial charge in [-0.05, 0) is 18.9 Å². The number of amides is 1. The molecule has 28 heavy (non-hydrogen) atoms. The third-order valence-corrected chi connectivity index (χ3v) is 5.17. The number of H-pyrrole nitrogens is 1. The second-order valence-electron chi connectivity index (χ2n) is 6.61. The molecule has 2 aromatic heterocycles. The van der Waals surface area contributed by atoms with Crippen molar-refractivity contribution in [2.75, 3.05) is 13.7 Å². The van der Waals surface area contributed by atoms with E-state index in [1.807, 2.05) is 0 Å². The zero-order valence-electron chi connectivity index (χ0n) is 15.0. The topological polar surface area (TPSA) is 71.1 Å². The quantitative estimate of drug-likeness (QED) is 0.741. The molecule has 4 rings (SSSR count). The van der Waals surface area contributed by atoms with Gasteiger partial charge in [-0.1, -0.05) is 18.2 Å². The van der Waals surface area contributed by atoms with Crippen LogP contribution in [0.3, 0.4) is 0 Å². The molecule has 1 amide bonds. The number of rotatable bonds is 3. The van der Waals surface area contributed by atoms with Crippen LogP contribution >= 0.6 is 0 Å². The van der Waals surface area contributed by atoms with Gasteiger partial charge in [0.25, 0.3) is 5.91 Å². The van der Waals surface area contributed by atoms with E-state index >= 15 is 0 Å². The summed E-state index contributed by atoms with van der Waals surface area (Å²) in [5.41, 5.74) is -2.00. The van der Waals surface area contributed by atoms with Gasteiger partial charge in [0.2, 0.25) is 5.88 Å². The molecule has 6 nitrogen and oxygen atoms in total. The molecule has 1 aromatic carbocycles. The number of carbonyl (C=O) groups excluding carboxylic acids is 1. The van der Waals surface area contributed by atoms with Crippen LogP contribution in [-0.2, 0) is 5.54 Å².